The number of aromatic amines is 1. The maximum Gasteiger partial charge on any atom is 0.417 e. The van der Waals surface area contributed by atoms with Gasteiger partial charge in [0, 0.05) is 16.5 Å². The average molecular weight is 480 g/mol. The number of nitrogens with two attached hydrogens (primary N) is 1. The van der Waals surface area contributed by atoms with E-state index < -0.39 is 23.5 Å². The van der Waals surface area contributed by atoms with Crippen LogP contribution in [-0.2, 0) is 18.8 Å². The number of alkyl halides is 6. The summed E-state index contributed by atoms with van der Waals surface area (Å²) in [4.78, 5) is 2.86. The average Bonchev–Trinajstić information content (AvgIpc) is 3.14. The van der Waals surface area contributed by atoms with Gasteiger partial charge in [0.05, 0.1) is 23.9 Å². The van der Waals surface area contributed by atoms with Crippen molar-refractivity contribution >= 4 is 21.7 Å². The molecule has 0 atom stereocenters. The first-order chi connectivity index (χ1) is 16.0. The van der Waals surface area contributed by atoms with E-state index >= 15 is 0 Å². The van der Waals surface area contributed by atoms with E-state index in [9.17, 15) is 26.3 Å². The summed E-state index contributed by atoms with van der Waals surface area (Å²) in [5.41, 5.74) is 3.73. The van der Waals surface area contributed by atoms with Gasteiger partial charge < -0.3 is 15.5 Å². The zero-order chi connectivity index (χ0) is 24.7. The summed E-state index contributed by atoms with van der Waals surface area (Å²) >= 11 is 0. The second-order valence-electron chi connectivity index (χ2n) is 8.07. The van der Waals surface area contributed by atoms with E-state index in [4.69, 9.17) is 10.5 Å². The SMILES string of the molecule is COc1cc2ccccc2cc1-c1[nH]c2cc(C(F)(F)F)cc(C(F)(F)F)c2c1CCCCN. The first-order valence-electron chi connectivity index (χ1n) is 10.6. The minimum absolute atomic E-state index is 0.185. The Balaban J connectivity index is 2.07. The summed E-state index contributed by atoms with van der Waals surface area (Å²) < 4.78 is 87.8. The highest BCUT2D eigenvalue weighted by Gasteiger charge is 2.39. The molecule has 1 heterocycles. The van der Waals surface area contributed by atoms with Gasteiger partial charge in [-0.1, -0.05) is 24.3 Å². The number of nitrogens with one attached hydrogen (secondary N) is 1. The van der Waals surface area contributed by atoms with Gasteiger partial charge in [-0.05, 0) is 66.4 Å². The number of hydrogen-bond donors (Lipinski definition) is 2. The lowest BCUT2D eigenvalue weighted by Crippen LogP contribution is -2.11. The van der Waals surface area contributed by atoms with Crippen LogP contribution in [0.25, 0.3) is 32.9 Å². The fraction of sp³-hybridized carbons (Fsp3) is 0.280. The van der Waals surface area contributed by atoms with Crippen molar-refractivity contribution in [3.8, 4) is 17.0 Å². The van der Waals surface area contributed by atoms with Crippen LogP contribution in [0.3, 0.4) is 0 Å². The number of hydrogen-bond acceptors (Lipinski definition) is 2. The van der Waals surface area contributed by atoms with Crippen molar-refractivity contribution in [3.05, 3.63) is 65.2 Å². The molecule has 34 heavy (non-hydrogen) atoms. The normalized spacial score (nSPS) is 12.6. The Morgan fingerprint density at radius 1 is 0.882 bits per heavy atom. The van der Waals surface area contributed by atoms with Gasteiger partial charge in [-0.2, -0.15) is 26.3 Å². The van der Waals surface area contributed by atoms with E-state index in [-0.39, 0.29) is 29.0 Å². The lowest BCUT2D eigenvalue weighted by molar-refractivity contribution is -0.142. The maximum absolute atomic E-state index is 14.0. The zero-order valence-electron chi connectivity index (χ0n) is 18.2. The first-order valence-corrected chi connectivity index (χ1v) is 10.6. The number of H-pyrrole nitrogens is 1. The molecular weight excluding hydrogens is 458 g/mol. The Morgan fingerprint density at radius 2 is 1.56 bits per heavy atom. The molecule has 0 fully saturated rings. The molecule has 0 amide bonds. The molecule has 4 aromatic rings. The number of benzene rings is 3. The number of halogens is 6. The van der Waals surface area contributed by atoms with Crippen molar-refractivity contribution in [1.82, 2.24) is 4.98 Å². The second-order valence-corrected chi connectivity index (χ2v) is 8.07. The van der Waals surface area contributed by atoms with E-state index in [2.05, 4.69) is 4.98 Å². The standard InChI is InChI=1S/C25H22F6N2O/c1-34-21-11-15-7-3-2-6-14(15)10-18(21)23-17(8-4-5-9-32)22-19(25(29,30)31)12-16(24(26,27)28)13-20(22)33-23/h2-3,6-7,10-13,33H,4-5,8-9,32H2,1H3. The molecule has 0 saturated carbocycles. The van der Waals surface area contributed by atoms with Crippen molar-refractivity contribution in [2.24, 2.45) is 5.73 Å². The van der Waals surface area contributed by atoms with Gasteiger partial charge in [-0.25, -0.2) is 0 Å². The number of methoxy groups -OCH3 is 1. The number of rotatable bonds is 6. The van der Waals surface area contributed by atoms with E-state index in [0.29, 0.717) is 36.4 Å². The van der Waals surface area contributed by atoms with Crippen LogP contribution in [0, 0.1) is 0 Å². The highest BCUT2D eigenvalue weighted by atomic mass is 19.4. The Labute approximate surface area is 191 Å². The molecule has 0 unspecified atom stereocenters. The quantitative estimate of drug-likeness (QED) is 0.225. The molecule has 0 spiro atoms. The summed E-state index contributed by atoms with van der Waals surface area (Å²) in [5.74, 6) is 0.398. The third-order valence-corrected chi connectivity index (χ3v) is 5.85. The third kappa shape index (κ3) is 4.44. The van der Waals surface area contributed by atoms with E-state index in [0.717, 1.165) is 16.8 Å². The summed E-state index contributed by atoms with van der Waals surface area (Å²) in [6.07, 6.45) is -8.67. The smallest absolute Gasteiger partial charge is 0.417 e. The van der Waals surface area contributed by atoms with Crippen molar-refractivity contribution in [2.45, 2.75) is 31.6 Å². The summed E-state index contributed by atoms with van der Waals surface area (Å²) in [7, 11) is 1.44. The Hall–Kier alpha value is -3.20. The fourth-order valence-electron chi connectivity index (χ4n) is 4.30. The molecule has 1 aromatic heterocycles. The number of fused-ring (bicyclic) bond motifs is 2. The number of aryl methyl sites for hydroxylation is 1. The predicted molar refractivity (Wildman–Crippen MR) is 120 cm³/mol. The number of aromatic nitrogens is 1. The van der Waals surface area contributed by atoms with Crippen LogP contribution < -0.4 is 10.5 Å². The topological polar surface area (TPSA) is 51.0 Å². The minimum atomic E-state index is -4.98. The molecule has 0 aliphatic carbocycles. The van der Waals surface area contributed by atoms with E-state index in [1.807, 2.05) is 24.3 Å². The van der Waals surface area contributed by atoms with Crippen molar-refractivity contribution in [3.63, 3.8) is 0 Å². The Bertz CT molecular complexity index is 1340. The van der Waals surface area contributed by atoms with Crippen LogP contribution in [0.15, 0.2) is 48.5 Å². The molecular formula is C25H22F6N2O. The van der Waals surface area contributed by atoms with Crippen LogP contribution in [0.5, 0.6) is 5.75 Å². The third-order valence-electron chi connectivity index (χ3n) is 5.85. The molecule has 0 bridgehead atoms. The van der Waals surface area contributed by atoms with Gasteiger partial charge >= 0.3 is 12.4 Å². The summed E-state index contributed by atoms with van der Waals surface area (Å²) in [5, 5.41) is 1.42. The van der Waals surface area contributed by atoms with Crippen LogP contribution in [-0.4, -0.2) is 18.6 Å². The van der Waals surface area contributed by atoms with E-state index in [1.165, 1.54) is 7.11 Å². The highest BCUT2D eigenvalue weighted by molar-refractivity contribution is 5.98. The Kier molecular flexibility index (Phi) is 6.24. The largest absolute Gasteiger partial charge is 0.496 e. The van der Waals surface area contributed by atoms with Crippen LogP contribution in [0.1, 0.15) is 29.5 Å². The highest BCUT2D eigenvalue weighted by Crippen LogP contribution is 2.45. The second kappa shape index (κ2) is 8.87. The molecule has 3 N–H and O–H groups in total. The molecule has 3 nitrogen and oxygen atoms in total. The molecule has 3 aromatic carbocycles. The summed E-state index contributed by atoms with van der Waals surface area (Å²) in [6.45, 7) is 0.349. The first kappa shape index (κ1) is 23.9. The lowest BCUT2D eigenvalue weighted by Gasteiger charge is -2.15. The van der Waals surface area contributed by atoms with Gasteiger partial charge in [-0.3, -0.25) is 0 Å². The van der Waals surface area contributed by atoms with Crippen molar-refractivity contribution in [2.75, 3.05) is 13.7 Å². The lowest BCUT2D eigenvalue weighted by atomic mass is 9.94. The van der Waals surface area contributed by atoms with Crippen LogP contribution in [0.2, 0.25) is 0 Å². The molecule has 0 saturated heterocycles. The molecule has 0 aliphatic rings. The summed E-state index contributed by atoms with van der Waals surface area (Å²) in [6, 6.07) is 11.8. The predicted octanol–water partition coefficient (Wildman–Crippen LogP) is 7.32. The van der Waals surface area contributed by atoms with Gasteiger partial charge in [0.2, 0.25) is 0 Å². The van der Waals surface area contributed by atoms with Gasteiger partial charge in [0.1, 0.15) is 5.75 Å². The minimum Gasteiger partial charge on any atom is -0.496 e. The molecule has 0 radical (unpaired) electrons. The van der Waals surface area contributed by atoms with Crippen LogP contribution in [0.4, 0.5) is 26.3 Å². The number of unbranched alkanes of at least 4 members (excludes halogenated alkanes) is 1. The van der Waals surface area contributed by atoms with Gasteiger partial charge in [-0.15, -0.1) is 0 Å². The molecule has 4 rings (SSSR count). The van der Waals surface area contributed by atoms with Gasteiger partial charge in [0.15, 0.2) is 0 Å². The number of ether oxygens (including phenoxy) is 1. The van der Waals surface area contributed by atoms with Crippen molar-refractivity contribution < 1.29 is 31.1 Å². The van der Waals surface area contributed by atoms with Crippen LogP contribution >= 0.6 is 0 Å². The van der Waals surface area contributed by atoms with Crippen molar-refractivity contribution in [1.29, 1.82) is 0 Å². The maximum atomic E-state index is 14.0. The zero-order valence-corrected chi connectivity index (χ0v) is 18.2. The molecule has 9 heteroatoms. The fourth-order valence-corrected chi connectivity index (χ4v) is 4.30. The Morgan fingerprint density at radius 3 is 2.15 bits per heavy atom. The monoisotopic (exact) mass is 480 g/mol. The van der Waals surface area contributed by atoms with E-state index in [1.54, 1.807) is 12.1 Å². The van der Waals surface area contributed by atoms with Gasteiger partial charge in [0.25, 0.3) is 0 Å². The molecule has 0 aliphatic heterocycles. The molecule has 180 valence electrons.